The fourth-order valence-electron chi connectivity index (χ4n) is 4.03. The first-order chi connectivity index (χ1) is 11.0. The van der Waals surface area contributed by atoms with Gasteiger partial charge in [0.2, 0.25) is 5.91 Å². The molecule has 2 aliphatic carbocycles. The molecule has 124 valence electrons. The third kappa shape index (κ3) is 3.37. The minimum Gasteiger partial charge on any atom is -0.481 e. The van der Waals surface area contributed by atoms with E-state index in [1.165, 1.54) is 0 Å². The van der Waals surface area contributed by atoms with E-state index in [1.807, 2.05) is 24.3 Å². The van der Waals surface area contributed by atoms with Crippen LogP contribution in [0.5, 0.6) is 0 Å². The van der Waals surface area contributed by atoms with Crippen LogP contribution in [0.1, 0.15) is 50.5 Å². The first-order valence-electron chi connectivity index (χ1n) is 8.31. The molecule has 0 aliphatic heterocycles. The van der Waals surface area contributed by atoms with Crippen molar-refractivity contribution >= 4 is 23.5 Å². The Balaban J connectivity index is 1.75. The van der Waals surface area contributed by atoms with Crippen LogP contribution in [0.25, 0.3) is 0 Å². The normalized spacial score (nSPS) is 26.1. The highest BCUT2D eigenvalue weighted by Gasteiger charge is 2.41. The first-order valence-corrected chi connectivity index (χ1v) is 8.69. The van der Waals surface area contributed by atoms with E-state index in [0.29, 0.717) is 24.3 Å². The number of halogens is 1. The molecule has 1 amide bonds. The Bertz CT molecular complexity index is 610. The fraction of sp³-hybridized carbons (Fsp3) is 0.556. The topological polar surface area (TPSA) is 66.4 Å². The number of nitrogens with one attached hydrogen (secondary N) is 1. The molecule has 2 saturated carbocycles. The number of carboxylic acids is 1. The lowest BCUT2D eigenvalue weighted by Gasteiger charge is -2.32. The molecule has 3 rings (SSSR count). The fourth-order valence-corrected chi connectivity index (χ4v) is 4.22. The lowest BCUT2D eigenvalue weighted by atomic mass is 9.87. The molecule has 2 N–H and O–H groups in total. The number of amides is 1. The van der Waals surface area contributed by atoms with Gasteiger partial charge in [0, 0.05) is 10.9 Å². The maximum absolute atomic E-state index is 12.7. The maximum Gasteiger partial charge on any atom is 0.306 e. The number of hydrogen-bond acceptors (Lipinski definition) is 2. The molecule has 2 fully saturated rings. The third-order valence-electron chi connectivity index (χ3n) is 5.35. The Labute approximate surface area is 141 Å². The number of aliphatic carboxylic acids is 1. The molecule has 0 saturated heterocycles. The van der Waals surface area contributed by atoms with Crippen molar-refractivity contribution in [2.75, 3.05) is 0 Å². The van der Waals surface area contributed by atoms with Gasteiger partial charge < -0.3 is 10.4 Å². The molecule has 0 radical (unpaired) electrons. The maximum atomic E-state index is 12.7. The number of carbonyl (C=O) groups is 2. The second-order valence-electron chi connectivity index (χ2n) is 6.83. The summed E-state index contributed by atoms with van der Waals surface area (Å²) < 4.78 is 0. The van der Waals surface area contributed by atoms with Crippen molar-refractivity contribution in [2.24, 2.45) is 11.8 Å². The zero-order valence-electron chi connectivity index (χ0n) is 13.1. The van der Waals surface area contributed by atoms with Crippen molar-refractivity contribution in [1.29, 1.82) is 0 Å². The van der Waals surface area contributed by atoms with E-state index >= 15 is 0 Å². The van der Waals surface area contributed by atoms with Gasteiger partial charge in [0.15, 0.2) is 0 Å². The molecule has 23 heavy (non-hydrogen) atoms. The number of hydrogen-bond donors (Lipinski definition) is 2. The summed E-state index contributed by atoms with van der Waals surface area (Å²) in [6, 6.07) is 7.71. The monoisotopic (exact) mass is 335 g/mol. The highest BCUT2D eigenvalue weighted by Crippen LogP contribution is 2.41. The number of carbonyl (C=O) groups excluding carboxylic acids is 1. The molecule has 2 aliphatic rings. The molecule has 0 spiro atoms. The van der Waals surface area contributed by atoms with E-state index < -0.39 is 5.97 Å². The van der Waals surface area contributed by atoms with Gasteiger partial charge in [-0.1, -0.05) is 36.6 Å². The molecule has 0 bridgehead atoms. The molecule has 2 atom stereocenters. The van der Waals surface area contributed by atoms with Crippen LogP contribution in [0.3, 0.4) is 0 Å². The van der Waals surface area contributed by atoms with E-state index in [0.717, 1.165) is 31.2 Å². The lowest BCUT2D eigenvalue weighted by Crippen LogP contribution is -2.46. The average Bonchev–Trinajstić information content (AvgIpc) is 3.17. The summed E-state index contributed by atoms with van der Waals surface area (Å²) in [6.07, 6.45) is 5.69. The summed E-state index contributed by atoms with van der Waals surface area (Å²) in [7, 11) is 0. The van der Waals surface area contributed by atoms with Gasteiger partial charge in [-0.05, 0) is 49.8 Å². The van der Waals surface area contributed by atoms with Gasteiger partial charge in [0.05, 0.1) is 11.5 Å². The van der Waals surface area contributed by atoms with E-state index in [1.54, 1.807) is 0 Å². The van der Waals surface area contributed by atoms with Crippen LogP contribution in [0.4, 0.5) is 0 Å². The number of carboxylic acid groups (broad SMARTS) is 1. The second kappa shape index (κ2) is 6.52. The van der Waals surface area contributed by atoms with E-state index in [-0.39, 0.29) is 23.3 Å². The molecule has 0 heterocycles. The predicted molar refractivity (Wildman–Crippen MR) is 88.2 cm³/mol. The quantitative estimate of drug-likeness (QED) is 0.881. The van der Waals surface area contributed by atoms with E-state index in [4.69, 9.17) is 16.7 Å². The molecule has 5 heteroatoms. The van der Waals surface area contributed by atoms with E-state index in [9.17, 15) is 9.59 Å². The Morgan fingerprint density at radius 1 is 1.17 bits per heavy atom. The summed E-state index contributed by atoms with van der Waals surface area (Å²) in [5, 5.41) is 13.0. The SMILES string of the molecule is O=C(O)[C@@H]1CC[C@H](C(=O)NC2(c3cccc(Cl)c3)CCCC2)C1. The molecule has 0 unspecified atom stereocenters. The summed E-state index contributed by atoms with van der Waals surface area (Å²) in [5.41, 5.74) is 0.715. The molecule has 0 aromatic heterocycles. The average molecular weight is 336 g/mol. The zero-order chi connectivity index (χ0) is 16.4. The Hall–Kier alpha value is -1.55. The Morgan fingerprint density at radius 3 is 2.48 bits per heavy atom. The summed E-state index contributed by atoms with van der Waals surface area (Å²) in [5.74, 6) is -1.36. The van der Waals surface area contributed by atoms with Gasteiger partial charge in [-0.25, -0.2) is 0 Å². The van der Waals surface area contributed by atoms with Crippen LogP contribution >= 0.6 is 11.6 Å². The van der Waals surface area contributed by atoms with Crippen LogP contribution in [-0.4, -0.2) is 17.0 Å². The van der Waals surface area contributed by atoms with Crippen molar-refractivity contribution in [3.63, 3.8) is 0 Å². The van der Waals surface area contributed by atoms with Crippen LogP contribution in [0.2, 0.25) is 5.02 Å². The summed E-state index contributed by atoms with van der Waals surface area (Å²) in [4.78, 5) is 23.8. The molecule has 4 nitrogen and oxygen atoms in total. The standard InChI is InChI=1S/C18H22ClNO3/c19-15-5-3-4-14(11-15)18(8-1-2-9-18)20-16(21)12-6-7-13(10-12)17(22)23/h3-5,11-13H,1-2,6-10H2,(H,20,21)(H,22,23)/t12-,13+/m0/s1. The smallest absolute Gasteiger partial charge is 0.306 e. The minimum atomic E-state index is -0.786. The highest BCUT2D eigenvalue weighted by molar-refractivity contribution is 6.30. The van der Waals surface area contributed by atoms with Gasteiger partial charge >= 0.3 is 5.97 Å². The van der Waals surface area contributed by atoms with Gasteiger partial charge in [0.1, 0.15) is 0 Å². The molecular formula is C18H22ClNO3. The Kier molecular flexibility index (Phi) is 4.62. The van der Waals surface area contributed by atoms with Crippen molar-refractivity contribution in [2.45, 2.75) is 50.5 Å². The van der Waals surface area contributed by atoms with Crippen molar-refractivity contribution < 1.29 is 14.7 Å². The van der Waals surface area contributed by atoms with Crippen molar-refractivity contribution in [1.82, 2.24) is 5.32 Å². The zero-order valence-corrected chi connectivity index (χ0v) is 13.8. The van der Waals surface area contributed by atoms with E-state index in [2.05, 4.69) is 5.32 Å². The number of benzene rings is 1. The summed E-state index contributed by atoms with van der Waals surface area (Å²) >= 11 is 6.12. The molecular weight excluding hydrogens is 314 g/mol. The number of rotatable bonds is 4. The van der Waals surface area contributed by atoms with Crippen molar-refractivity contribution in [3.8, 4) is 0 Å². The first kappa shape index (κ1) is 16.3. The largest absolute Gasteiger partial charge is 0.481 e. The van der Waals surface area contributed by atoms with Gasteiger partial charge in [0.25, 0.3) is 0 Å². The lowest BCUT2D eigenvalue weighted by molar-refractivity contribution is -0.141. The van der Waals surface area contributed by atoms with Crippen LogP contribution in [0, 0.1) is 11.8 Å². The van der Waals surface area contributed by atoms with Gasteiger partial charge in [-0.3, -0.25) is 9.59 Å². The van der Waals surface area contributed by atoms with Crippen LogP contribution < -0.4 is 5.32 Å². The second-order valence-corrected chi connectivity index (χ2v) is 7.27. The van der Waals surface area contributed by atoms with Crippen LogP contribution in [-0.2, 0) is 15.1 Å². The summed E-state index contributed by atoms with van der Waals surface area (Å²) in [6.45, 7) is 0. The molecule has 1 aromatic rings. The van der Waals surface area contributed by atoms with Gasteiger partial charge in [-0.15, -0.1) is 0 Å². The minimum absolute atomic E-state index is 0.00405. The highest BCUT2D eigenvalue weighted by atomic mass is 35.5. The van der Waals surface area contributed by atoms with Crippen molar-refractivity contribution in [3.05, 3.63) is 34.9 Å². The predicted octanol–water partition coefficient (Wildman–Crippen LogP) is 3.73. The Morgan fingerprint density at radius 2 is 1.87 bits per heavy atom. The molecule has 1 aromatic carbocycles. The third-order valence-corrected chi connectivity index (χ3v) is 5.58. The van der Waals surface area contributed by atoms with Crippen LogP contribution in [0.15, 0.2) is 24.3 Å². The van der Waals surface area contributed by atoms with Gasteiger partial charge in [-0.2, -0.15) is 0 Å².